The maximum absolute atomic E-state index is 12.3. The highest BCUT2D eigenvalue weighted by molar-refractivity contribution is 9.10. The highest BCUT2D eigenvalue weighted by atomic mass is 79.9. The average Bonchev–Trinajstić information content (AvgIpc) is 3.04. The second-order valence-corrected chi connectivity index (χ2v) is 7.73. The summed E-state index contributed by atoms with van der Waals surface area (Å²) in [6.07, 6.45) is 0.878. The lowest BCUT2D eigenvalue weighted by molar-refractivity contribution is -0.116. The molecule has 2 N–H and O–H groups in total. The minimum absolute atomic E-state index is 0.0644. The number of anilines is 1. The summed E-state index contributed by atoms with van der Waals surface area (Å²) in [5.41, 5.74) is 3.14. The first kappa shape index (κ1) is 19.3. The van der Waals surface area contributed by atoms with Crippen LogP contribution in [0.5, 0.6) is 0 Å². The summed E-state index contributed by atoms with van der Waals surface area (Å²) < 4.78 is 0.619. The molecule has 1 amide bonds. The van der Waals surface area contributed by atoms with Gasteiger partial charge in [0.2, 0.25) is 5.91 Å². The van der Waals surface area contributed by atoms with Crippen molar-refractivity contribution in [3.63, 3.8) is 0 Å². The number of nitrogens with zero attached hydrogens (tertiary/aromatic N) is 1. The molecule has 0 aliphatic heterocycles. The number of hydrogen-bond donors (Lipinski definition) is 2. The lowest BCUT2D eigenvalue weighted by Crippen LogP contribution is -2.14. The summed E-state index contributed by atoms with van der Waals surface area (Å²) in [5.74, 6) is -1.31. The van der Waals surface area contributed by atoms with Gasteiger partial charge in [0.1, 0.15) is 10.2 Å². The smallest absolute Gasteiger partial charge is 0.339 e. The summed E-state index contributed by atoms with van der Waals surface area (Å²) in [7, 11) is 0. The summed E-state index contributed by atoms with van der Waals surface area (Å²) in [5, 5.41) is 14.0. The van der Waals surface area contributed by atoms with E-state index in [2.05, 4.69) is 26.2 Å². The van der Waals surface area contributed by atoms with Gasteiger partial charge in [-0.25, -0.2) is 9.78 Å². The van der Waals surface area contributed by atoms with Gasteiger partial charge in [0.15, 0.2) is 0 Å². The van der Waals surface area contributed by atoms with Gasteiger partial charge in [-0.3, -0.25) is 4.79 Å². The second kappa shape index (κ2) is 8.45. The third-order valence-corrected chi connectivity index (χ3v) is 5.39. The maximum Gasteiger partial charge on any atom is 0.339 e. The maximum atomic E-state index is 12.3. The second-order valence-electron chi connectivity index (χ2n) is 6.04. The van der Waals surface area contributed by atoms with Gasteiger partial charge in [-0.2, -0.15) is 0 Å². The molecule has 0 aliphatic carbocycles. The molecule has 0 aliphatic rings. The van der Waals surface area contributed by atoms with E-state index in [1.807, 2.05) is 31.2 Å². The van der Waals surface area contributed by atoms with Crippen LogP contribution in [0.4, 0.5) is 5.69 Å². The Hall–Kier alpha value is -2.51. The SMILES string of the molecule is Cc1cccc(CCC(=O)Nc2csc(-c3cccc(Br)n3)c2C(=O)O)c1. The Bertz CT molecular complexity index is 1000. The van der Waals surface area contributed by atoms with Crippen molar-refractivity contribution in [2.75, 3.05) is 5.32 Å². The number of nitrogens with one attached hydrogen (secondary N) is 1. The van der Waals surface area contributed by atoms with Crippen LogP contribution in [-0.2, 0) is 11.2 Å². The molecule has 3 aromatic rings. The first-order valence-electron chi connectivity index (χ1n) is 8.27. The molecule has 0 spiro atoms. The van der Waals surface area contributed by atoms with Crippen molar-refractivity contribution in [2.45, 2.75) is 19.8 Å². The quantitative estimate of drug-likeness (QED) is 0.515. The number of rotatable bonds is 6. The Labute approximate surface area is 169 Å². The van der Waals surface area contributed by atoms with Crippen LogP contribution < -0.4 is 5.32 Å². The first-order chi connectivity index (χ1) is 12.9. The zero-order valence-electron chi connectivity index (χ0n) is 14.5. The first-order valence-corrected chi connectivity index (χ1v) is 9.94. The van der Waals surface area contributed by atoms with Gasteiger partial charge in [0.25, 0.3) is 0 Å². The van der Waals surface area contributed by atoms with Gasteiger partial charge >= 0.3 is 5.97 Å². The highest BCUT2D eigenvalue weighted by Gasteiger charge is 2.22. The van der Waals surface area contributed by atoms with E-state index < -0.39 is 5.97 Å². The number of pyridine rings is 1. The van der Waals surface area contributed by atoms with Crippen LogP contribution in [-0.4, -0.2) is 22.0 Å². The van der Waals surface area contributed by atoms with E-state index in [-0.39, 0.29) is 17.9 Å². The molecule has 2 aromatic heterocycles. The molecule has 0 saturated heterocycles. The number of aromatic carboxylic acids is 1. The van der Waals surface area contributed by atoms with Crippen LogP contribution in [0, 0.1) is 6.92 Å². The predicted molar refractivity (Wildman–Crippen MR) is 110 cm³/mol. The number of aromatic nitrogens is 1. The van der Waals surface area contributed by atoms with Crippen LogP contribution in [0.3, 0.4) is 0 Å². The van der Waals surface area contributed by atoms with Crippen LogP contribution in [0.15, 0.2) is 52.4 Å². The zero-order valence-corrected chi connectivity index (χ0v) is 16.9. The van der Waals surface area contributed by atoms with Crippen molar-refractivity contribution in [1.82, 2.24) is 4.98 Å². The Balaban J connectivity index is 1.76. The molecule has 0 unspecified atom stereocenters. The Kier molecular flexibility index (Phi) is 6.03. The number of aryl methyl sites for hydroxylation is 2. The average molecular weight is 445 g/mol. The molecule has 5 nitrogen and oxygen atoms in total. The lowest BCUT2D eigenvalue weighted by atomic mass is 10.1. The van der Waals surface area contributed by atoms with Crippen molar-refractivity contribution in [3.8, 4) is 10.6 Å². The van der Waals surface area contributed by atoms with Gasteiger partial charge in [-0.05, 0) is 47.0 Å². The van der Waals surface area contributed by atoms with Crippen molar-refractivity contribution in [2.24, 2.45) is 0 Å². The molecule has 27 heavy (non-hydrogen) atoms. The number of carboxylic acid groups (broad SMARTS) is 1. The third-order valence-electron chi connectivity index (χ3n) is 3.95. The topological polar surface area (TPSA) is 79.3 Å². The standard InChI is InChI=1S/C20H17BrN2O3S/c1-12-4-2-5-13(10-12)8-9-17(24)23-15-11-27-19(18(15)20(25)26)14-6-3-7-16(21)22-14/h2-7,10-11H,8-9H2,1H3,(H,23,24)(H,25,26). The number of halogens is 1. The molecule has 0 fully saturated rings. The largest absolute Gasteiger partial charge is 0.478 e. The van der Waals surface area contributed by atoms with Crippen LogP contribution in [0.1, 0.15) is 27.9 Å². The van der Waals surface area contributed by atoms with Crippen LogP contribution in [0.25, 0.3) is 10.6 Å². The molecule has 0 atom stereocenters. The van der Waals surface area contributed by atoms with E-state index in [1.54, 1.807) is 23.6 Å². The molecule has 1 aromatic carbocycles. The summed E-state index contributed by atoms with van der Waals surface area (Å²) >= 11 is 4.54. The van der Waals surface area contributed by atoms with E-state index in [0.29, 0.717) is 27.3 Å². The molecule has 138 valence electrons. The summed E-state index contributed by atoms with van der Waals surface area (Å²) in [4.78, 5) is 28.9. The van der Waals surface area contributed by atoms with E-state index >= 15 is 0 Å². The zero-order chi connectivity index (χ0) is 19.4. The predicted octanol–water partition coefficient (Wildman–Crippen LogP) is 5.15. The number of carbonyl (C=O) groups excluding carboxylic acids is 1. The highest BCUT2D eigenvalue weighted by Crippen LogP contribution is 2.35. The third kappa shape index (κ3) is 4.81. The molecule has 3 rings (SSSR count). The molecule has 0 radical (unpaired) electrons. The molecule has 0 saturated carbocycles. The molecule has 7 heteroatoms. The monoisotopic (exact) mass is 444 g/mol. The Morgan fingerprint density at radius 2 is 2.00 bits per heavy atom. The molecule has 2 heterocycles. The molecular formula is C20H17BrN2O3S. The van der Waals surface area contributed by atoms with Gasteiger partial charge in [-0.15, -0.1) is 11.3 Å². The van der Waals surface area contributed by atoms with Crippen LogP contribution >= 0.6 is 27.3 Å². The van der Waals surface area contributed by atoms with Gasteiger partial charge in [0, 0.05) is 11.8 Å². The van der Waals surface area contributed by atoms with Crippen LogP contribution in [0.2, 0.25) is 0 Å². The molecular weight excluding hydrogens is 428 g/mol. The minimum atomic E-state index is -1.10. The number of carbonyl (C=O) groups is 2. The fraction of sp³-hybridized carbons (Fsp3) is 0.150. The minimum Gasteiger partial charge on any atom is -0.478 e. The van der Waals surface area contributed by atoms with Gasteiger partial charge in [0.05, 0.1) is 16.3 Å². The fourth-order valence-electron chi connectivity index (χ4n) is 2.72. The van der Waals surface area contributed by atoms with Crippen molar-refractivity contribution >= 4 is 44.8 Å². The normalized spacial score (nSPS) is 10.6. The molecule has 0 bridgehead atoms. The van der Waals surface area contributed by atoms with Gasteiger partial charge in [-0.1, -0.05) is 35.9 Å². The lowest BCUT2D eigenvalue weighted by Gasteiger charge is -2.07. The van der Waals surface area contributed by atoms with E-state index in [4.69, 9.17) is 0 Å². The summed E-state index contributed by atoms with van der Waals surface area (Å²) in [6.45, 7) is 2.01. The Morgan fingerprint density at radius 3 is 2.70 bits per heavy atom. The summed E-state index contributed by atoms with van der Waals surface area (Å²) in [6, 6.07) is 13.3. The Morgan fingerprint density at radius 1 is 1.22 bits per heavy atom. The van der Waals surface area contributed by atoms with Crippen molar-refractivity contribution < 1.29 is 14.7 Å². The number of thiophene rings is 1. The van der Waals surface area contributed by atoms with E-state index in [0.717, 1.165) is 11.1 Å². The van der Waals surface area contributed by atoms with E-state index in [1.165, 1.54) is 11.3 Å². The number of amides is 1. The number of hydrogen-bond acceptors (Lipinski definition) is 4. The van der Waals surface area contributed by atoms with Crippen molar-refractivity contribution in [3.05, 3.63) is 69.1 Å². The fourth-order valence-corrected chi connectivity index (χ4v) is 4.03. The number of carboxylic acids is 1. The van der Waals surface area contributed by atoms with E-state index in [9.17, 15) is 14.7 Å². The van der Waals surface area contributed by atoms with Crippen molar-refractivity contribution in [1.29, 1.82) is 0 Å². The van der Waals surface area contributed by atoms with Gasteiger partial charge < -0.3 is 10.4 Å². The number of benzene rings is 1.